The summed E-state index contributed by atoms with van der Waals surface area (Å²) in [6.07, 6.45) is 3.39. The number of halogens is 4. The highest BCUT2D eigenvalue weighted by molar-refractivity contribution is 5.85. The van der Waals surface area contributed by atoms with Crippen molar-refractivity contribution < 1.29 is 8.78 Å². The molecule has 0 radical (unpaired) electrons. The Morgan fingerprint density at radius 2 is 1.86 bits per heavy atom. The van der Waals surface area contributed by atoms with Crippen molar-refractivity contribution in [3.63, 3.8) is 0 Å². The van der Waals surface area contributed by atoms with Crippen molar-refractivity contribution in [3.8, 4) is 0 Å². The Morgan fingerprint density at radius 1 is 1.23 bits per heavy atom. The third-order valence-corrected chi connectivity index (χ3v) is 3.90. The Balaban J connectivity index is 0.00000220. The second-order valence-electron chi connectivity index (χ2n) is 5.27. The topological polar surface area (TPSA) is 15.3 Å². The summed E-state index contributed by atoms with van der Waals surface area (Å²) in [6.45, 7) is 8.81. The van der Waals surface area contributed by atoms with E-state index in [9.17, 15) is 8.78 Å². The number of hydrogen-bond acceptors (Lipinski definition) is 2. The largest absolute Gasteiger partial charge is 0.314 e. The highest BCUT2D eigenvalue weighted by Crippen LogP contribution is 2.30. The van der Waals surface area contributed by atoms with Gasteiger partial charge in [0, 0.05) is 37.8 Å². The van der Waals surface area contributed by atoms with E-state index in [2.05, 4.69) is 16.8 Å². The van der Waals surface area contributed by atoms with Crippen molar-refractivity contribution in [1.82, 2.24) is 10.2 Å². The number of rotatable bonds is 5. The van der Waals surface area contributed by atoms with Gasteiger partial charge < -0.3 is 5.32 Å². The summed E-state index contributed by atoms with van der Waals surface area (Å²) in [6, 6.07) is 3.31. The van der Waals surface area contributed by atoms with E-state index in [0.717, 1.165) is 39.0 Å². The second kappa shape index (κ2) is 10.2. The van der Waals surface area contributed by atoms with E-state index < -0.39 is 11.6 Å². The lowest BCUT2D eigenvalue weighted by atomic mass is 9.97. The first kappa shape index (κ1) is 21.3. The van der Waals surface area contributed by atoms with Crippen LogP contribution in [0.5, 0.6) is 0 Å². The highest BCUT2D eigenvalue weighted by Gasteiger charge is 2.25. The van der Waals surface area contributed by atoms with Crippen LogP contribution in [0.4, 0.5) is 8.78 Å². The summed E-state index contributed by atoms with van der Waals surface area (Å²) in [5.74, 6) is -1.42. The lowest BCUT2D eigenvalue weighted by Crippen LogP contribution is -2.45. The zero-order chi connectivity index (χ0) is 14.5. The number of aryl methyl sites for hydroxylation is 1. The minimum Gasteiger partial charge on any atom is -0.314 e. The molecule has 126 valence electrons. The molecule has 1 saturated heterocycles. The van der Waals surface area contributed by atoms with Gasteiger partial charge in [0.2, 0.25) is 0 Å². The molecule has 1 fully saturated rings. The maximum Gasteiger partial charge on any atom is 0.163 e. The van der Waals surface area contributed by atoms with Gasteiger partial charge in [0.15, 0.2) is 11.6 Å². The minimum absolute atomic E-state index is 0. The molecule has 2 nitrogen and oxygen atoms in total. The Hall–Kier alpha value is -0.680. The lowest BCUT2D eigenvalue weighted by Gasteiger charge is -2.35. The van der Waals surface area contributed by atoms with E-state index in [4.69, 9.17) is 0 Å². The van der Waals surface area contributed by atoms with Crippen molar-refractivity contribution in [2.24, 2.45) is 0 Å². The van der Waals surface area contributed by atoms with Crippen LogP contribution in [-0.2, 0) is 0 Å². The molecule has 0 aliphatic carbocycles. The summed E-state index contributed by atoms with van der Waals surface area (Å²) < 4.78 is 28.1. The summed E-state index contributed by atoms with van der Waals surface area (Å²) in [7, 11) is 0. The van der Waals surface area contributed by atoms with Crippen molar-refractivity contribution >= 4 is 24.8 Å². The molecule has 0 amide bonds. The van der Waals surface area contributed by atoms with E-state index in [1.165, 1.54) is 0 Å². The molecule has 1 aromatic carbocycles. The fourth-order valence-corrected chi connectivity index (χ4v) is 2.72. The van der Waals surface area contributed by atoms with Crippen molar-refractivity contribution in [1.29, 1.82) is 0 Å². The number of benzene rings is 1. The number of allylic oxidation sites excluding steroid dienone is 1. The Morgan fingerprint density at radius 3 is 2.45 bits per heavy atom. The molecule has 6 heteroatoms. The predicted molar refractivity (Wildman–Crippen MR) is 92.2 cm³/mol. The van der Waals surface area contributed by atoms with Crippen LogP contribution in [-0.4, -0.2) is 31.1 Å². The van der Waals surface area contributed by atoms with Gasteiger partial charge >= 0.3 is 0 Å². The maximum atomic E-state index is 14.3. The highest BCUT2D eigenvalue weighted by atomic mass is 35.5. The molecular weight excluding hydrogens is 329 g/mol. The molecule has 0 aromatic heterocycles. The number of nitrogens with one attached hydrogen (secondary N) is 1. The van der Waals surface area contributed by atoms with Gasteiger partial charge in [0.1, 0.15) is 0 Å². The normalized spacial score (nSPS) is 16.3. The van der Waals surface area contributed by atoms with E-state index in [1.807, 2.05) is 6.08 Å². The quantitative estimate of drug-likeness (QED) is 0.804. The monoisotopic (exact) mass is 352 g/mol. The zero-order valence-electron chi connectivity index (χ0n) is 12.8. The number of nitrogens with zero attached hydrogens (tertiary/aromatic N) is 1. The summed E-state index contributed by atoms with van der Waals surface area (Å²) >= 11 is 0. The van der Waals surface area contributed by atoms with Gasteiger partial charge in [-0.3, -0.25) is 4.90 Å². The number of hydrogen-bond donors (Lipinski definition) is 1. The average Bonchev–Trinajstić information content (AvgIpc) is 2.48. The molecule has 1 heterocycles. The van der Waals surface area contributed by atoms with E-state index in [0.29, 0.717) is 11.1 Å². The minimum atomic E-state index is -0.721. The third kappa shape index (κ3) is 4.92. The molecule has 22 heavy (non-hydrogen) atoms. The Labute approximate surface area is 143 Å². The van der Waals surface area contributed by atoms with Gasteiger partial charge in [0.25, 0.3) is 0 Å². The fourth-order valence-electron chi connectivity index (χ4n) is 2.72. The molecule has 0 spiro atoms. The second-order valence-corrected chi connectivity index (χ2v) is 5.27. The fraction of sp³-hybridized carbons (Fsp3) is 0.500. The lowest BCUT2D eigenvalue weighted by molar-refractivity contribution is 0.162. The Kier molecular flexibility index (Phi) is 9.85. The summed E-state index contributed by atoms with van der Waals surface area (Å²) in [5, 5.41) is 3.28. The molecule has 1 aliphatic heterocycles. The zero-order valence-corrected chi connectivity index (χ0v) is 14.4. The van der Waals surface area contributed by atoms with Gasteiger partial charge in [-0.15, -0.1) is 31.4 Å². The first-order valence-electron chi connectivity index (χ1n) is 7.15. The van der Waals surface area contributed by atoms with E-state index in [1.54, 1.807) is 19.1 Å². The van der Waals surface area contributed by atoms with E-state index >= 15 is 0 Å². The molecule has 1 atom stereocenters. The van der Waals surface area contributed by atoms with Crippen LogP contribution in [0.2, 0.25) is 0 Å². The van der Waals surface area contributed by atoms with Gasteiger partial charge in [-0.2, -0.15) is 0 Å². The van der Waals surface area contributed by atoms with Crippen LogP contribution in [0.25, 0.3) is 0 Å². The SMILES string of the molecule is C=CCC[C@H](c1ccc(C)c(F)c1F)N1CCNCC1.Cl.Cl. The van der Waals surface area contributed by atoms with Gasteiger partial charge in [-0.1, -0.05) is 18.2 Å². The van der Waals surface area contributed by atoms with Gasteiger partial charge in [-0.25, -0.2) is 8.78 Å². The molecule has 0 unspecified atom stereocenters. The van der Waals surface area contributed by atoms with Crippen molar-refractivity contribution in [2.75, 3.05) is 26.2 Å². The van der Waals surface area contributed by atoms with Crippen LogP contribution in [0, 0.1) is 18.6 Å². The summed E-state index contributed by atoms with van der Waals surface area (Å²) in [5.41, 5.74) is 0.825. The smallest absolute Gasteiger partial charge is 0.163 e. The van der Waals surface area contributed by atoms with Crippen molar-refractivity contribution in [2.45, 2.75) is 25.8 Å². The van der Waals surface area contributed by atoms with Crippen LogP contribution in [0.3, 0.4) is 0 Å². The van der Waals surface area contributed by atoms with Gasteiger partial charge in [0.05, 0.1) is 0 Å². The van der Waals surface area contributed by atoms with Crippen LogP contribution in [0.15, 0.2) is 24.8 Å². The van der Waals surface area contributed by atoms with Crippen LogP contribution in [0.1, 0.15) is 30.0 Å². The first-order valence-corrected chi connectivity index (χ1v) is 7.15. The molecular formula is C16H24Cl2F2N2. The maximum absolute atomic E-state index is 14.3. The molecule has 0 saturated carbocycles. The molecule has 1 aromatic rings. The third-order valence-electron chi connectivity index (χ3n) is 3.90. The molecule has 1 aliphatic rings. The average molecular weight is 353 g/mol. The summed E-state index contributed by atoms with van der Waals surface area (Å²) in [4.78, 5) is 2.23. The molecule has 1 N–H and O–H groups in total. The number of piperazine rings is 1. The molecule has 0 bridgehead atoms. The first-order chi connectivity index (χ1) is 9.65. The predicted octanol–water partition coefficient (Wildman–Crippen LogP) is 4.03. The standard InChI is InChI=1S/C16H22F2N2.2ClH/c1-3-4-5-14(20-10-8-19-9-11-20)13-7-6-12(2)15(17)16(13)18;;/h3,6-7,14,19H,1,4-5,8-11H2,2H3;2*1H/t14-;;/m1../s1. The molecule has 2 rings (SSSR count). The van der Waals surface area contributed by atoms with Crippen molar-refractivity contribution in [3.05, 3.63) is 47.5 Å². The Bertz CT molecular complexity index is 477. The van der Waals surface area contributed by atoms with Gasteiger partial charge in [-0.05, 0) is 25.3 Å². The van der Waals surface area contributed by atoms with Crippen LogP contribution >= 0.6 is 24.8 Å². The van der Waals surface area contributed by atoms with Crippen LogP contribution < -0.4 is 5.32 Å². The van der Waals surface area contributed by atoms with E-state index in [-0.39, 0.29) is 30.9 Å².